The van der Waals surface area contributed by atoms with Crippen LogP contribution in [0.5, 0.6) is 0 Å². The summed E-state index contributed by atoms with van der Waals surface area (Å²) in [6.07, 6.45) is 2.09. The quantitative estimate of drug-likeness (QED) is 0.821. The van der Waals surface area contributed by atoms with Gasteiger partial charge in [-0.3, -0.25) is 0 Å². The maximum Gasteiger partial charge on any atom is 0.0641 e. The summed E-state index contributed by atoms with van der Waals surface area (Å²) in [4.78, 5) is 0. The molecule has 0 radical (unpaired) electrons. The molecular weight excluding hydrogens is 242 g/mol. The van der Waals surface area contributed by atoms with Crippen LogP contribution in [-0.2, 0) is 11.3 Å². The Morgan fingerprint density at radius 2 is 2.21 bits per heavy atom. The molecule has 0 aliphatic carbocycles. The van der Waals surface area contributed by atoms with E-state index in [1.165, 1.54) is 10.9 Å². The fourth-order valence-electron chi connectivity index (χ4n) is 1.57. The highest BCUT2D eigenvalue weighted by molar-refractivity contribution is 9.10. The van der Waals surface area contributed by atoms with E-state index >= 15 is 0 Å². The Hall–Kier alpha value is -0.800. The smallest absolute Gasteiger partial charge is 0.0641 e. The molecular formula is C11H12BrNO. The largest absolute Gasteiger partial charge is 0.383 e. The Labute approximate surface area is 91.6 Å². The minimum absolute atomic E-state index is 0.746. The monoisotopic (exact) mass is 253 g/mol. The van der Waals surface area contributed by atoms with Gasteiger partial charge in [0, 0.05) is 35.2 Å². The number of fused-ring (bicyclic) bond motifs is 1. The predicted molar refractivity (Wildman–Crippen MR) is 61.5 cm³/mol. The maximum atomic E-state index is 5.06. The van der Waals surface area contributed by atoms with Crippen molar-refractivity contribution in [2.24, 2.45) is 0 Å². The molecule has 0 bridgehead atoms. The van der Waals surface area contributed by atoms with Gasteiger partial charge in [-0.15, -0.1) is 0 Å². The Kier molecular flexibility index (Phi) is 2.89. The van der Waals surface area contributed by atoms with Gasteiger partial charge in [0.25, 0.3) is 0 Å². The molecule has 0 aliphatic heterocycles. The van der Waals surface area contributed by atoms with Crippen LogP contribution in [0.4, 0.5) is 0 Å². The summed E-state index contributed by atoms with van der Waals surface area (Å²) >= 11 is 3.53. The van der Waals surface area contributed by atoms with Gasteiger partial charge in [0.15, 0.2) is 0 Å². The van der Waals surface area contributed by atoms with E-state index in [4.69, 9.17) is 4.74 Å². The van der Waals surface area contributed by atoms with E-state index in [9.17, 15) is 0 Å². The first-order chi connectivity index (χ1) is 6.83. The van der Waals surface area contributed by atoms with Crippen molar-refractivity contribution in [3.63, 3.8) is 0 Å². The second-order valence-electron chi connectivity index (χ2n) is 3.17. The third-order valence-electron chi connectivity index (χ3n) is 2.30. The summed E-state index contributed by atoms with van der Waals surface area (Å²) in [6, 6.07) is 8.35. The molecule has 0 spiro atoms. The standard InChI is InChI=1S/C11H12BrNO/c1-14-8-7-13-6-5-9-10(12)3-2-4-11(9)13/h2-6H,7-8H2,1H3. The summed E-state index contributed by atoms with van der Waals surface area (Å²) in [7, 11) is 1.72. The lowest BCUT2D eigenvalue weighted by atomic mass is 10.2. The van der Waals surface area contributed by atoms with Crippen LogP contribution in [0.1, 0.15) is 0 Å². The van der Waals surface area contributed by atoms with Gasteiger partial charge in [-0.05, 0) is 18.2 Å². The fourth-order valence-corrected chi connectivity index (χ4v) is 2.06. The summed E-state index contributed by atoms with van der Waals surface area (Å²) in [5.41, 5.74) is 1.25. The summed E-state index contributed by atoms with van der Waals surface area (Å²) < 4.78 is 8.40. The molecule has 2 aromatic rings. The highest BCUT2D eigenvalue weighted by Gasteiger charge is 2.02. The van der Waals surface area contributed by atoms with Crippen LogP contribution in [0.15, 0.2) is 34.9 Å². The Bertz CT molecular complexity index is 436. The van der Waals surface area contributed by atoms with Gasteiger partial charge < -0.3 is 9.30 Å². The number of rotatable bonds is 3. The first-order valence-electron chi connectivity index (χ1n) is 4.55. The number of halogens is 1. The van der Waals surface area contributed by atoms with E-state index in [0.29, 0.717) is 0 Å². The van der Waals surface area contributed by atoms with Crippen molar-refractivity contribution in [3.05, 3.63) is 34.9 Å². The van der Waals surface area contributed by atoms with Crippen LogP contribution in [-0.4, -0.2) is 18.3 Å². The van der Waals surface area contributed by atoms with Crippen molar-refractivity contribution < 1.29 is 4.74 Å². The molecule has 14 heavy (non-hydrogen) atoms. The first kappa shape index (κ1) is 9.74. The van der Waals surface area contributed by atoms with Crippen LogP contribution in [0.25, 0.3) is 10.9 Å². The van der Waals surface area contributed by atoms with Crippen LogP contribution in [0.3, 0.4) is 0 Å². The normalized spacial score (nSPS) is 11.0. The average molecular weight is 254 g/mol. The summed E-state index contributed by atoms with van der Waals surface area (Å²) in [5, 5.41) is 1.25. The molecule has 0 fully saturated rings. The molecule has 0 atom stereocenters. The molecule has 0 saturated heterocycles. The molecule has 74 valence electrons. The van der Waals surface area contributed by atoms with Gasteiger partial charge in [-0.25, -0.2) is 0 Å². The molecule has 0 N–H and O–H groups in total. The van der Waals surface area contributed by atoms with Gasteiger partial charge in [-0.1, -0.05) is 22.0 Å². The first-order valence-corrected chi connectivity index (χ1v) is 5.34. The van der Waals surface area contributed by atoms with Gasteiger partial charge in [-0.2, -0.15) is 0 Å². The van der Waals surface area contributed by atoms with Crippen molar-refractivity contribution >= 4 is 26.8 Å². The number of hydrogen-bond donors (Lipinski definition) is 0. The Morgan fingerprint density at radius 3 is 3.00 bits per heavy atom. The molecule has 1 aromatic carbocycles. The predicted octanol–water partition coefficient (Wildman–Crippen LogP) is 3.05. The summed E-state index contributed by atoms with van der Waals surface area (Å²) in [6.45, 7) is 1.65. The van der Waals surface area contributed by atoms with Gasteiger partial charge >= 0.3 is 0 Å². The SMILES string of the molecule is COCCn1ccc2c(Br)cccc21. The van der Waals surface area contributed by atoms with Crippen molar-refractivity contribution in [1.29, 1.82) is 0 Å². The molecule has 0 aliphatic rings. The molecule has 0 amide bonds. The molecule has 0 saturated carbocycles. The lowest BCUT2D eigenvalue weighted by Gasteiger charge is -2.04. The number of aromatic nitrogens is 1. The van der Waals surface area contributed by atoms with Gasteiger partial charge in [0.05, 0.1) is 6.61 Å². The maximum absolute atomic E-state index is 5.06. The molecule has 1 heterocycles. The van der Waals surface area contributed by atoms with Gasteiger partial charge in [0.2, 0.25) is 0 Å². The number of nitrogens with zero attached hydrogens (tertiary/aromatic N) is 1. The third-order valence-corrected chi connectivity index (χ3v) is 2.99. The molecule has 2 rings (SSSR count). The van der Waals surface area contributed by atoms with Crippen LogP contribution < -0.4 is 0 Å². The fraction of sp³-hybridized carbons (Fsp3) is 0.273. The second-order valence-corrected chi connectivity index (χ2v) is 4.03. The zero-order chi connectivity index (χ0) is 9.97. The minimum atomic E-state index is 0.746. The van der Waals surface area contributed by atoms with E-state index in [0.717, 1.165) is 17.6 Å². The summed E-state index contributed by atoms with van der Waals surface area (Å²) in [5.74, 6) is 0. The Balaban J connectivity index is 2.42. The van der Waals surface area contributed by atoms with Crippen molar-refractivity contribution in [2.45, 2.75) is 6.54 Å². The molecule has 1 aromatic heterocycles. The topological polar surface area (TPSA) is 14.2 Å². The van der Waals surface area contributed by atoms with Crippen LogP contribution >= 0.6 is 15.9 Å². The van der Waals surface area contributed by atoms with Crippen LogP contribution in [0.2, 0.25) is 0 Å². The Morgan fingerprint density at radius 1 is 1.36 bits per heavy atom. The van der Waals surface area contributed by atoms with Crippen molar-refractivity contribution in [3.8, 4) is 0 Å². The minimum Gasteiger partial charge on any atom is -0.383 e. The number of methoxy groups -OCH3 is 1. The number of benzene rings is 1. The molecule has 2 nitrogen and oxygen atoms in total. The number of ether oxygens (including phenoxy) is 1. The molecule has 0 unspecified atom stereocenters. The van der Waals surface area contributed by atoms with E-state index in [2.05, 4.69) is 51.0 Å². The average Bonchev–Trinajstić information content (AvgIpc) is 2.60. The van der Waals surface area contributed by atoms with E-state index in [-0.39, 0.29) is 0 Å². The van der Waals surface area contributed by atoms with E-state index in [1.807, 2.05) is 0 Å². The highest BCUT2D eigenvalue weighted by Crippen LogP contribution is 2.24. The highest BCUT2D eigenvalue weighted by atomic mass is 79.9. The zero-order valence-electron chi connectivity index (χ0n) is 8.03. The second kappa shape index (κ2) is 4.15. The number of hydrogen-bond acceptors (Lipinski definition) is 1. The van der Waals surface area contributed by atoms with Crippen molar-refractivity contribution in [1.82, 2.24) is 4.57 Å². The van der Waals surface area contributed by atoms with E-state index in [1.54, 1.807) is 7.11 Å². The van der Waals surface area contributed by atoms with Crippen molar-refractivity contribution in [2.75, 3.05) is 13.7 Å². The van der Waals surface area contributed by atoms with Crippen LogP contribution in [0, 0.1) is 0 Å². The lowest BCUT2D eigenvalue weighted by Crippen LogP contribution is -2.02. The zero-order valence-corrected chi connectivity index (χ0v) is 9.62. The lowest BCUT2D eigenvalue weighted by molar-refractivity contribution is 0.188. The third kappa shape index (κ3) is 1.70. The van der Waals surface area contributed by atoms with E-state index < -0.39 is 0 Å². The van der Waals surface area contributed by atoms with Gasteiger partial charge in [0.1, 0.15) is 0 Å². The molecule has 3 heteroatoms.